The standard InChI is InChI=1S/C16H20N4O2/c1-12(22-11-14-5-3-7-19-9-14)15(16(17)21)20-10-13-4-2-6-18-8-13/h2-9,12,15,20H,10-11H2,1H3,(H2,17,21)/t12-,15?/m1/s1. The van der Waals surface area contributed by atoms with Gasteiger partial charge in [-0.1, -0.05) is 12.1 Å². The number of primary amides is 1. The third kappa shape index (κ3) is 4.91. The SMILES string of the molecule is C[C@@H](OCc1cccnc1)C(NCc1cccnc1)C(N)=O. The number of carbonyl (C=O) groups excluding carboxylic acids is 1. The number of hydrogen-bond acceptors (Lipinski definition) is 5. The molecular formula is C16H20N4O2. The van der Waals surface area contributed by atoms with E-state index in [1.165, 1.54) is 0 Å². The summed E-state index contributed by atoms with van der Waals surface area (Å²) in [7, 11) is 0. The van der Waals surface area contributed by atoms with Gasteiger partial charge < -0.3 is 10.5 Å². The fourth-order valence-electron chi connectivity index (χ4n) is 2.04. The summed E-state index contributed by atoms with van der Waals surface area (Å²) in [6.07, 6.45) is 6.53. The molecule has 1 amide bonds. The van der Waals surface area contributed by atoms with E-state index in [4.69, 9.17) is 10.5 Å². The average Bonchev–Trinajstić information content (AvgIpc) is 2.55. The molecule has 0 aromatic carbocycles. The van der Waals surface area contributed by atoms with Crippen molar-refractivity contribution in [3.8, 4) is 0 Å². The first kappa shape index (κ1) is 16.1. The van der Waals surface area contributed by atoms with Crippen LogP contribution in [0.2, 0.25) is 0 Å². The van der Waals surface area contributed by atoms with Gasteiger partial charge in [-0.15, -0.1) is 0 Å². The number of aromatic nitrogens is 2. The second-order valence-corrected chi connectivity index (χ2v) is 5.00. The Labute approximate surface area is 129 Å². The molecule has 0 spiro atoms. The maximum absolute atomic E-state index is 11.6. The summed E-state index contributed by atoms with van der Waals surface area (Å²) in [4.78, 5) is 19.7. The number of nitrogens with one attached hydrogen (secondary N) is 1. The topological polar surface area (TPSA) is 90.1 Å². The fraction of sp³-hybridized carbons (Fsp3) is 0.312. The molecule has 0 bridgehead atoms. The molecule has 0 aliphatic rings. The van der Waals surface area contributed by atoms with Crippen molar-refractivity contribution in [1.29, 1.82) is 0 Å². The fourth-order valence-corrected chi connectivity index (χ4v) is 2.04. The minimum atomic E-state index is -0.572. The molecule has 0 saturated carbocycles. The van der Waals surface area contributed by atoms with Crippen molar-refractivity contribution in [1.82, 2.24) is 15.3 Å². The minimum absolute atomic E-state index is 0.352. The van der Waals surface area contributed by atoms with E-state index in [0.29, 0.717) is 13.2 Å². The van der Waals surface area contributed by atoms with E-state index < -0.39 is 11.9 Å². The molecule has 6 nitrogen and oxygen atoms in total. The number of amides is 1. The zero-order chi connectivity index (χ0) is 15.8. The van der Waals surface area contributed by atoms with Gasteiger partial charge in [0.15, 0.2) is 0 Å². The first-order chi connectivity index (χ1) is 10.7. The molecule has 0 aliphatic heterocycles. The normalized spacial score (nSPS) is 13.5. The van der Waals surface area contributed by atoms with Crippen LogP contribution in [0.4, 0.5) is 0 Å². The number of ether oxygens (including phenoxy) is 1. The van der Waals surface area contributed by atoms with Gasteiger partial charge in [-0.05, 0) is 30.2 Å². The Kier molecular flexibility index (Phi) is 6.00. The Hall–Kier alpha value is -2.31. The van der Waals surface area contributed by atoms with Gasteiger partial charge in [0.25, 0.3) is 0 Å². The molecule has 6 heteroatoms. The quantitative estimate of drug-likeness (QED) is 0.760. The van der Waals surface area contributed by atoms with Crippen molar-refractivity contribution in [2.75, 3.05) is 0 Å². The molecule has 1 unspecified atom stereocenters. The monoisotopic (exact) mass is 300 g/mol. The van der Waals surface area contributed by atoms with Crippen LogP contribution in [-0.4, -0.2) is 28.0 Å². The Morgan fingerprint density at radius 3 is 2.41 bits per heavy atom. The van der Waals surface area contributed by atoms with Crippen LogP contribution in [0.5, 0.6) is 0 Å². The molecule has 2 aromatic rings. The first-order valence-corrected chi connectivity index (χ1v) is 7.09. The van der Waals surface area contributed by atoms with Crippen LogP contribution in [0.1, 0.15) is 18.1 Å². The predicted octanol–water partition coefficient (Wildman–Crippen LogP) is 1.03. The molecule has 116 valence electrons. The average molecular weight is 300 g/mol. The van der Waals surface area contributed by atoms with E-state index in [0.717, 1.165) is 11.1 Å². The molecule has 2 heterocycles. The van der Waals surface area contributed by atoms with Crippen molar-refractivity contribution < 1.29 is 9.53 Å². The summed E-state index contributed by atoms with van der Waals surface area (Å²) in [6, 6.07) is 6.96. The molecule has 0 aliphatic carbocycles. The number of nitrogens with two attached hydrogens (primary N) is 1. The van der Waals surface area contributed by atoms with Crippen LogP contribution in [0, 0.1) is 0 Å². The zero-order valence-electron chi connectivity index (χ0n) is 12.5. The van der Waals surface area contributed by atoms with Crippen LogP contribution >= 0.6 is 0 Å². The van der Waals surface area contributed by atoms with Gasteiger partial charge in [-0.25, -0.2) is 0 Å². The van der Waals surface area contributed by atoms with Crippen LogP contribution in [0.25, 0.3) is 0 Å². The van der Waals surface area contributed by atoms with Crippen molar-refractivity contribution >= 4 is 5.91 Å². The highest BCUT2D eigenvalue weighted by molar-refractivity contribution is 5.80. The van der Waals surface area contributed by atoms with Crippen molar-refractivity contribution in [3.05, 3.63) is 60.2 Å². The number of pyridine rings is 2. The second-order valence-electron chi connectivity index (χ2n) is 5.00. The van der Waals surface area contributed by atoms with Crippen molar-refractivity contribution in [2.45, 2.75) is 32.2 Å². The van der Waals surface area contributed by atoms with Gasteiger partial charge in [0.2, 0.25) is 5.91 Å². The highest BCUT2D eigenvalue weighted by atomic mass is 16.5. The summed E-state index contributed by atoms with van der Waals surface area (Å²) in [5, 5.41) is 3.12. The maximum atomic E-state index is 11.6. The Balaban J connectivity index is 1.88. The van der Waals surface area contributed by atoms with Gasteiger partial charge in [0.05, 0.1) is 12.7 Å². The molecule has 22 heavy (non-hydrogen) atoms. The van der Waals surface area contributed by atoms with E-state index in [-0.39, 0.29) is 6.10 Å². The van der Waals surface area contributed by atoms with Crippen LogP contribution < -0.4 is 11.1 Å². The largest absolute Gasteiger partial charge is 0.372 e. The van der Waals surface area contributed by atoms with Crippen molar-refractivity contribution in [3.63, 3.8) is 0 Å². The molecule has 0 radical (unpaired) electrons. The zero-order valence-corrected chi connectivity index (χ0v) is 12.5. The van der Waals surface area contributed by atoms with Gasteiger partial charge >= 0.3 is 0 Å². The summed E-state index contributed by atoms with van der Waals surface area (Å²) in [6.45, 7) is 2.71. The summed E-state index contributed by atoms with van der Waals surface area (Å²) >= 11 is 0. The lowest BCUT2D eigenvalue weighted by Crippen LogP contribution is -2.49. The van der Waals surface area contributed by atoms with E-state index >= 15 is 0 Å². The second kappa shape index (κ2) is 8.21. The molecule has 0 fully saturated rings. The highest BCUT2D eigenvalue weighted by Crippen LogP contribution is 2.06. The van der Waals surface area contributed by atoms with Gasteiger partial charge in [-0.3, -0.25) is 20.1 Å². The Bertz CT molecular complexity index is 577. The molecule has 0 saturated heterocycles. The van der Waals surface area contributed by atoms with E-state index in [2.05, 4.69) is 15.3 Å². The van der Waals surface area contributed by atoms with Gasteiger partial charge in [0, 0.05) is 31.3 Å². The maximum Gasteiger partial charge on any atom is 0.237 e. The summed E-state index contributed by atoms with van der Waals surface area (Å²) in [5.41, 5.74) is 7.39. The number of carbonyl (C=O) groups is 1. The number of hydrogen-bond donors (Lipinski definition) is 2. The van der Waals surface area contributed by atoms with E-state index in [9.17, 15) is 4.79 Å². The van der Waals surface area contributed by atoms with Gasteiger partial charge in [-0.2, -0.15) is 0 Å². The lowest BCUT2D eigenvalue weighted by atomic mass is 10.1. The molecule has 2 aromatic heterocycles. The van der Waals surface area contributed by atoms with Crippen LogP contribution in [-0.2, 0) is 22.7 Å². The summed E-state index contributed by atoms with van der Waals surface area (Å²) in [5.74, 6) is -0.442. The Morgan fingerprint density at radius 2 is 1.86 bits per heavy atom. The minimum Gasteiger partial charge on any atom is -0.372 e. The third-order valence-electron chi connectivity index (χ3n) is 3.26. The predicted molar refractivity (Wildman–Crippen MR) is 82.5 cm³/mol. The first-order valence-electron chi connectivity index (χ1n) is 7.09. The number of rotatable bonds is 8. The van der Waals surface area contributed by atoms with Gasteiger partial charge in [0.1, 0.15) is 6.04 Å². The van der Waals surface area contributed by atoms with E-state index in [1.807, 2.05) is 31.2 Å². The smallest absolute Gasteiger partial charge is 0.237 e. The number of nitrogens with zero attached hydrogens (tertiary/aromatic N) is 2. The lowest BCUT2D eigenvalue weighted by molar-refractivity contribution is -0.124. The van der Waals surface area contributed by atoms with Crippen molar-refractivity contribution in [2.24, 2.45) is 5.73 Å². The molecule has 2 atom stereocenters. The Morgan fingerprint density at radius 1 is 1.23 bits per heavy atom. The molecule has 2 rings (SSSR count). The lowest BCUT2D eigenvalue weighted by Gasteiger charge is -2.22. The highest BCUT2D eigenvalue weighted by Gasteiger charge is 2.23. The van der Waals surface area contributed by atoms with Crippen LogP contribution in [0.3, 0.4) is 0 Å². The third-order valence-corrected chi connectivity index (χ3v) is 3.26. The molecular weight excluding hydrogens is 280 g/mol. The van der Waals surface area contributed by atoms with E-state index in [1.54, 1.807) is 24.8 Å². The van der Waals surface area contributed by atoms with Crippen LogP contribution in [0.15, 0.2) is 49.1 Å². The summed E-state index contributed by atoms with van der Waals surface area (Å²) < 4.78 is 5.72. The molecule has 3 N–H and O–H groups in total.